The van der Waals surface area contributed by atoms with E-state index in [0.29, 0.717) is 10.3 Å². The number of halogens is 4. The maximum absolute atomic E-state index is 6.54. The van der Waals surface area contributed by atoms with Crippen molar-refractivity contribution in [2.45, 2.75) is 6.92 Å². The minimum absolute atomic E-state index is 0.331. The zero-order chi connectivity index (χ0) is 25.7. The number of furan rings is 1. The number of hydrogen-bond donors (Lipinski definition) is 2. The highest BCUT2D eigenvalue weighted by Crippen LogP contribution is 2.39. The molecule has 0 bridgehead atoms. The molecule has 0 fully saturated rings. The smallest absolute Gasteiger partial charge is 0.137 e. The highest BCUT2D eigenvalue weighted by atomic mass is 79.9. The first-order valence-electron chi connectivity index (χ1n) is 9.34. The molecule has 0 atom stereocenters. The van der Waals surface area contributed by atoms with Crippen molar-refractivity contribution in [3.8, 4) is 17.1 Å². The third kappa shape index (κ3) is 9.81. The van der Waals surface area contributed by atoms with Gasteiger partial charge in [-0.1, -0.05) is 18.0 Å². The molecular weight excluding hydrogens is 692 g/mol. The van der Waals surface area contributed by atoms with E-state index in [1.165, 1.54) is 6.08 Å². The summed E-state index contributed by atoms with van der Waals surface area (Å²) in [5.74, 6) is 1.61. The fourth-order valence-electron chi connectivity index (χ4n) is 2.22. The van der Waals surface area contributed by atoms with Gasteiger partial charge >= 0.3 is 0 Å². The zero-order valence-corrected chi connectivity index (χ0v) is 24.7. The Kier molecular flexibility index (Phi) is 13.4. The molecule has 1 aromatic heterocycles. The monoisotopic (exact) mass is 708 g/mol. The van der Waals surface area contributed by atoms with Crippen LogP contribution in [0.5, 0.6) is 5.75 Å². The Morgan fingerprint density at radius 2 is 1.74 bits per heavy atom. The summed E-state index contributed by atoms with van der Waals surface area (Å²) in [4.78, 5) is 0. The van der Waals surface area contributed by atoms with Crippen molar-refractivity contribution < 1.29 is 9.15 Å². The van der Waals surface area contributed by atoms with E-state index in [-0.39, 0.29) is 0 Å². The van der Waals surface area contributed by atoms with Crippen LogP contribution in [0.15, 0.2) is 102 Å². The Morgan fingerprint density at radius 3 is 2.24 bits per heavy atom. The van der Waals surface area contributed by atoms with E-state index in [4.69, 9.17) is 20.3 Å². The molecule has 3 rings (SSSR count). The quantitative estimate of drug-likeness (QED) is 0.162. The van der Waals surface area contributed by atoms with Gasteiger partial charge in [0.2, 0.25) is 0 Å². The maximum Gasteiger partial charge on any atom is 0.137 e. The fourth-order valence-corrected chi connectivity index (χ4v) is 3.51. The largest absolute Gasteiger partial charge is 0.497 e. The van der Waals surface area contributed by atoms with Crippen LogP contribution in [0.3, 0.4) is 0 Å². The Hall–Kier alpha value is -2.45. The topological polar surface area (TPSA) is 72.2 Å². The highest BCUT2D eigenvalue weighted by Gasteiger charge is 2.13. The first kappa shape index (κ1) is 29.6. The van der Waals surface area contributed by atoms with Crippen LogP contribution in [0.4, 0.5) is 5.69 Å². The molecule has 4 nitrogen and oxygen atoms in total. The number of anilines is 1. The Morgan fingerprint density at radius 1 is 1.12 bits per heavy atom. The van der Waals surface area contributed by atoms with Crippen molar-refractivity contribution in [2.24, 2.45) is 0 Å². The van der Waals surface area contributed by atoms with Gasteiger partial charge in [0.05, 0.1) is 21.9 Å². The van der Waals surface area contributed by atoms with Gasteiger partial charge < -0.3 is 14.9 Å². The van der Waals surface area contributed by atoms with E-state index in [1.54, 1.807) is 7.11 Å². The van der Waals surface area contributed by atoms with Crippen LogP contribution in [0.1, 0.15) is 6.92 Å². The van der Waals surface area contributed by atoms with E-state index in [9.17, 15) is 0 Å². The third-order valence-electron chi connectivity index (χ3n) is 3.75. The molecule has 0 saturated carbocycles. The Bertz CT molecular complexity index is 1370. The van der Waals surface area contributed by atoms with Crippen LogP contribution in [0.25, 0.3) is 22.3 Å². The van der Waals surface area contributed by atoms with E-state index in [0.717, 1.165) is 41.5 Å². The number of fused-ring (bicyclic) bond motifs is 1. The number of benzene rings is 2. The molecular formula is C26H20Br4N2O2. The van der Waals surface area contributed by atoms with Gasteiger partial charge in [0.1, 0.15) is 17.1 Å². The second-order valence-electron chi connectivity index (χ2n) is 6.10. The Balaban J connectivity index is 0.000000345. The lowest BCUT2D eigenvalue weighted by Gasteiger charge is -2.01. The van der Waals surface area contributed by atoms with Crippen molar-refractivity contribution in [3.05, 3.63) is 97.7 Å². The number of allylic oxidation sites excluding steroid dienone is 2. The maximum atomic E-state index is 6.54. The molecule has 0 unspecified atom stereocenters. The number of rotatable bonds is 3. The lowest BCUT2D eigenvalue weighted by molar-refractivity contribution is 0.415. The zero-order valence-electron chi connectivity index (χ0n) is 18.4. The van der Waals surface area contributed by atoms with Gasteiger partial charge in [-0.2, -0.15) is 0 Å². The van der Waals surface area contributed by atoms with Crippen molar-refractivity contribution in [2.75, 3.05) is 12.8 Å². The van der Waals surface area contributed by atoms with Gasteiger partial charge in [0.25, 0.3) is 0 Å². The SMILES string of the molecule is C=C=C=C=C=C=C(C)Br.C=CC(=N)Br.COc1ccc(-c2cc3c(Br)c(N)c(Br)cc3o2)cc1. The molecule has 0 radical (unpaired) electrons. The second kappa shape index (κ2) is 15.5. The predicted octanol–water partition coefficient (Wildman–Crippen LogP) is 9.45. The molecule has 0 aliphatic rings. The van der Waals surface area contributed by atoms with E-state index in [1.807, 2.05) is 43.3 Å². The Labute approximate surface area is 232 Å². The summed E-state index contributed by atoms with van der Waals surface area (Å²) in [5, 5.41) is 7.50. The van der Waals surface area contributed by atoms with Crippen LogP contribution >= 0.6 is 63.7 Å². The summed E-state index contributed by atoms with van der Waals surface area (Å²) < 4.78 is 13.9. The van der Waals surface area contributed by atoms with E-state index >= 15 is 0 Å². The molecule has 0 saturated heterocycles. The summed E-state index contributed by atoms with van der Waals surface area (Å²) in [6.07, 6.45) is 1.42. The molecule has 174 valence electrons. The van der Waals surface area contributed by atoms with Gasteiger partial charge in [-0.25, -0.2) is 0 Å². The van der Waals surface area contributed by atoms with Crippen molar-refractivity contribution >= 4 is 85.0 Å². The van der Waals surface area contributed by atoms with E-state index in [2.05, 4.69) is 106 Å². The van der Waals surface area contributed by atoms with Gasteiger partial charge in [0.15, 0.2) is 0 Å². The van der Waals surface area contributed by atoms with Crippen LogP contribution in [-0.4, -0.2) is 11.7 Å². The van der Waals surface area contributed by atoms with Crippen LogP contribution < -0.4 is 10.5 Å². The number of nitrogens with two attached hydrogens (primary N) is 1. The van der Waals surface area contributed by atoms with Crippen molar-refractivity contribution in [1.82, 2.24) is 0 Å². The average Bonchev–Trinajstić information content (AvgIpc) is 3.25. The number of methoxy groups -OCH3 is 1. The molecule has 0 aliphatic heterocycles. The summed E-state index contributed by atoms with van der Waals surface area (Å²) >= 11 is 12.9. The standard InChI is InChI=1S/C15H11Br2NO2.C8H5Br.C3H4BrN/c1-19-9-4-2-8(3-5-9)12-6-10-13(20-12)7-11(16)15(18)14(10)17;1-3-4-5-6-7-8(2)9;1-2-3(4)5/h2-7H,18H2,1H3;1H2,2H3;2,5H,1H2. The first-order chi connectivity index (χ1) is 16.1. The number of ether oxygens (including phenoxy) is 1. The molecule has 0 aliphatic carbocycles. The fraction of sp³-hybridized carbons (Fsp3) is 0.0769. The van der Waals surface area contributed by atoms with Crippen LogP contribution in [0, 0.1) is 5.41 Å². The van der Waals surface area contributed by atoms with Gasteiger partial charge in [-0.15, -0.1) is 0 Å². The van der Waals surface area contributed by atoms with Crippen molar-refractivity contribution in [3.63, 3.8) is 0 Å². The normalized spacial score (nSPS) is 8.76. The lowest BCUT2D eigenvalue weighted by atomic mass is 10.1. The van der Waals surface area contributed by atoms with E-state index < -0.39 is 0 Å². The van der Waals surface area contributed by atoms with Crippen LogP contribution in [0.2, 0.25) is 0 Å². The molecule has 3 aromatic rings. The van der Waals surface area contributed by atoms with Crippen LogP contribution in [-0.2, 0) is 0 Å². The second-order valence-corrected chi connectivity index (χ2v) is 9.79. The number of nitrogen functional groups attached to an aromatic ring is 1. The summed E-state index contributed by atoms with van der Waals surface area (Å²) in [7, 11) is 1.65. The number of hydrogen-bond acceptors (Lipinski definition) is 4. The summed E-state index contributed by atoms with van der Waals surface area (Å²) in [5.41, 5.74) is 21.1. The minimum Gasteiger partial charge on any atom is -0.497 e. The number of nitrogens with one attached hydrogen (secondary N) is 1. The predicted molar refractivity (Wildman–Crippen MR) is 156 cm³/mol. The lowest BCUT2D eigenvalue weighted by Crippen LogP contribution is -1.87. The molecule has 34 heavy (non-hydrogen) atoms. The highest BCUT2D eigenvalue weighted by molar-refractivity contribution is 9.18. The molecule has 0 amide bonds. The molecule has 2 aromatic carbocycles. The van der Waals surface area contributed by atoms with Gasteiger partial charge in [0, 0.05) is 19.9 Å². The molecule has 0 spiro atoms. The summed E-state index contributed by atoms with van der Waals surface area (Å²) in [6, 6.07) is 11.6. The molecule has 1 heterocycles. The first-order valence-corrected chi connectivity index (χ1v) is 12.5. The average molecular weight is 712 g/mol. The minimum atomic E-state index is 0.331. The van der Waals surface area contributed by atoms with Gasteiger partial charge in [-0.3, -0.25) is 5.41 Å². The molecule has 8 heteroatoms. The van der Waals surface area contributed by atoms with Gasteiger partial charge in [-0.05, 0) is 137 Å². The molecule has 3 N–H and O–H groups in total. The van der Waals surface area contributed by atoms with Crippen molar-refractivity contribution in [1.29, 1.82) is 5.41 Å². The summed E-state index contributed by atoms with van der Waals surface area (Å²) in [6.45, 7) is 8.43. The third-order valence-corrected chi connectivity index (χ3v) is 5.78.